The Bertz CT molecular complexity index is 172. The summed E-state index contributed by atoms with van der Waals surface area (Å²) in [5, 5.41) is 0. The van der Waals surface area contributed by atoms with Gasteiger partial charge < -0.3 is 4.43 Å². The van der Waals surface area contributed by atoms with Gasteiger partial charge in [0.1, 0.15) is 0 Å². The average Bonchev–Trinajstić information content (AvgIpc) is 2.07. The minimum Gasteiger partial charge on any atom is -0.427 e. The maximum Gasteiger partial charge on any atom is 0.168 e. The van der Waals surface area contributed by atoms with Gasteiger partial charge in [-0.2, -0.15) is 0 Å². The molecule has 1 nitrogen and oxygen atoms in total. The number of rotatable bonds is 3. The van der Waals surface area contributed by atoms with Crippen molar-refractivity contribution in [1.82, 2.24) is 0 Å². The van der Waals surface area contributed by atoms with Gasteiger partial charge >= 0.3 is 0 Å². The zero-order valence-electron chi connectivity index (χ0n) is 7.34. The molecule has 0 aliphatic heterocycles. The Kier molecular flexibility index (Phi) is 3.59. The highest BCUT2D eigenvalue weighted by atomic mass is 28.2. The molecule has 0 N–H and O–H groups in total. The number of allylic oxidation sites excluding steroid dienone is 4. The van der Waals surface area contributed by atoms with Crippen LogP contribution in [0.25, 0.3) is 0 Å². The van der Waals surface area contributed by atoms with Crippen molar-refractivity contribution in [2.45, 2.75) is 25.3 Å². The third-order valence-corrected chi connectivity index (χ3v) is 3.31. The molecule has 0 heterocycles. The van der Waals surface area contributed by atoms with Gasteiger partial charge in [0.15, 0.2) is 9.76 Å². The van der Waals surface area contributed by atoms with Gasteiger partial charge in [0.05, 0.1) is 0 Å². The van der Waals surface area contributed by atoms with Crippen LogP contribution in [0.1, 0.15) is 19.8 Å². The smallest absolute Gasteiger partial charge is 0.168 e. The van der Waals surface area contributed by atoms with Crippen molar-refractivity contribution in [2.75, 3.05) is 7.11 Å². The molecule has 0 aromatic carbocycles. The van der Waals surface area contributed by atoms with Crippen LogP contribution in [0.5, 0.6) is 0 Å². The molecule has 0 aromatic heterocycles. The van der Waals surface area contributed by atoms with Crippen LogP contribution in [0.2, 0.25) is 5.54 Å². The minimum absolute atomic E-state index is 0.318. The summed E-state index contributed by atoms with van der Waals surface area (Å²) in [5.41, 5.74) is 2.18. The minimum atomic E-state index is -0.318. The van der Waals surface area contributed by atoms with E-state index in [2.05, 4.69) is 25.2 Å². The van der Waals surface area contributed by atoms with E-state index in [1.165, 1.54) is 18.4 Å². The molecule has 1 aliphatic rings. The van der Waals surface area contributed by atoms with E-state index in [0.717, 1.165) is 0 Å². The Morgan fingerprint density at radius 3 is 2.91 bits per heavy atom. The lowest BCUT2D eigenvalue weighted by Crippen LogP contribution is -2.04. The molecule has 2 heteroatoms. The lowest BCUT2D eigenvalue weighted by atomic mass is 10.1. The fraction of sp³-hybridized carbons (Fsp3) is 0.556. The van der Waals surface area contributed by atoms with Crippen LogP contribution in [0.4, 0.5) is 0 Å². The summed E-state index contributed by atoms with van der Waals surface area (Å²) >= 11 is 0. The zero-order chi connectivity index (χ0) is 8.10. The van der Waals surface area contributed by atoms with E-state index in [1.807, 2.05) is 7.11 Å². The van der Waals surface area contributed by atoms with E-state index in [1.54, 1.807) is 0 Å². The van der Waals surface area contributed by atoms with Crippen molar-refractivity contribution in [1.29, 1.82) is 0 Å². The van der Waals surface area contributed by atoms with Crippen LogP contribution < -0.4 is 0 Å². The summed E-state index contributed by atoms with van der Waals surface area (Å²) in [6.07, 6.45) is 9.28. The maximum atomic E-state index is 5.22. The summed E-state index contributed by atoms with van der Waals surface area (Å²) in [4.78, 5) is 0. The van der Waals surface area contributed by atoms with Crippen LogP contribution >= 0.6 is 0 Å². The van der Waals surface area contributed by atoms with Crippen LogP contribution in [0.3, 0.4) is 0 Å². The quantitative estimate of drug-likeness (QED) is 0.584. The van der Waals surface area contributed by atoms with Crippen molar-refractivity contribution in [3.63, 3.8) is 0 Å². The highest BCUT2D eigenvalue weighted by molar-refractivity contribution is 6.30. The van der Waals surface area contributed by atoms with Gasteiger partial charge in [0, 0.05) is 7.11 Å². The number of hydrogen-bond donors (Lipinski definition) is 0. The number of hydrogen-bond acceptors (Lipinski definition) is 1. The molecule has 1 atom stereocenters. The lowest BCUT2D eigenvalue weighted by Gasteiger charge is -2.13. The van der Waals surface area contributed by atoms with Crippen molar-refractivity contribution in [3.05, 3.63) is 23.8 Å². The molecule has 0 radical (unpaired) electrons. The van der Waals surface area contributed by atoms with E-state index in [0.29, 0.717) is 5.54 Å². The summed E-state index contributed by atoms with van der Waals surface area (Å²) in [7, 11) is 1.50. The van der Waals surface area contributed by atoms with Gasteiger partial charge in [0.25, 0.3) is 0 Å². The molecule has 0 fully saturated rings. The fourth-order valence-corrected chi connectivity index (χ4v) is 2.34. The molecule has 1 aliphatic carbocycles. The largest absolute Gasteiger partial charge is 0.427 e. The molecule has 0 aromatic rings. The predicted molar refractivity (Wildman–Crippen MR) is 51.4 cm³/mol. The molecule has 1 rings (SSSR count). The highest BCUT2D eigenvalue weighted by Gasteiger charge is 2.07. The van der Waals surface area contributed by atoms with E-state index in [-0.39, 0.29) is 9.76 Å². The first kappa shape index (κ1) is 8.75. The molecular weight excluding hydrogens is 152 g/mol. The summed E-state index contributed by atoms with van der Waals surface area (Å²) in [5.74, 6) is 0. The van der Waals surface area contributed by atoms with Crippen LogP contribution in [0, 0.1) is 0 Å². The third kappa shape index (κ3) is 2.64. The van der Waals surface area contributed by atoms with Gasteiger partial charge in [-0.25, -0.2) is 0 Å². The fourth-order valence-electron chi connectivity index (χ4n) is 1.35. The van der Waals surface area contributed by atoms with Crippen molar-refractivity contribution in [3.8, 4) is 0 Å². The van der Waals surface area contributed by atoms with Gasteiger partial charge in [-0.3, -0.25) is 0 Å². The molecule has 11 heavy (non-hydrogen) atoms. The van der Waals surface area contributed by atoms with E-state index < -0.39 is 0 Å². The van der Waals surface area contributed by atoms with Gasteiger partial charge in [-0.15, -0.1) is 0 Å². The van der Waals surface area contributed by atoms with E-state index >= 15 is 0 Å². The molecule has 62 valence electrons. The molecule has 0 bridgehead atoms. The second-order valence-electron chi connectivity index (χ2n) is 3.04. The normalized spacial score (nSPS) is 20.7. The van der Waals surface area contributed by atoms with Crippen molar-refractivity contribution >= 4 is 9.76 Å². The molecule has 1 unspecified atom stereocenters. The first-order chi connectivity index (χ1) is 5.34. The second kappa shape index (κ2) is 4.52. The predicted octanol–water partition coefficient (Wildman–Crippen LogP) is 1.80. The lowest BCUT2D eigenvalue weighted by molar-refractivity contribution is 0.436. The van der Waals surface area contributed by atoms with E-state index in [9.17, 15) is 0 Å². The molecule has 0 saturated carbocycles. The molecule has 0 saturated heterocycles. The van der Waals surface area contributed by atoms with Gasteiger partial charge in [-0.05, 0) is 18.4 Å². The van der Waals surface area contributed by atoms with Gasteiger partial charge in [0.2, 0.25) is 0 Å². The van der Waals surface area contributed by atoms with Crippen LogP contribution in [-0.4, -0.2) is 16.9 Å². The van der Waals surface area contributed by atoms with Crippen LogP contribution in [0.15, 0.2) is 23.8 Å². The SMILES string of the molecule is CO[SiH2]C(C)C1=CCCC=C1. The third-order valence-electron chi connectivity index (χ3n) is 2.01. The Hall–Kier alpha value is -0.343. The molecular formula is C9H16OSi. The monoisotopic (exact) mass is 168 g/mol. The highest BCUT2D eigenvalue weighted by Crippen LogP contribution is 2.21. The molecule has 0 amide bonds. The summed E-state index contributed by atoms with van der Waals surface area (Å²) in [6, 6.07) is 0. The Labute approximate surface area is 71.1 Å². The summed E-state index contributed by atoms with van der Waals surface area (Å²) < 4.78 is 5.22. The molecule has 0 spiro atoms. The topological polar surface area (TPSA) is 9.23 Å². The average molecular weight is 168 g/mol. The Balaban J connectivity index is 2.45. The standard InChI is InChI=1S/C9H16OSi/c1-8(11-10-2)9-6-4-3-5-7-9/h4,6-8H,3,5,11H2,1-2H3. The van der Waals surface area contributed by atoms with Gasteiger partial charge in [-0.1, -0.05) is 30.7 Å². The zero-order valence-corrected chi connectivity index (χ0v) is 8.75. The second-order valence-corrected chi connectivity index (χ2v) is 5.18. The first-order valence-corrected chi connectivity index (χ1v) is 5.59. The Morgan fingerprint density at radius 1 is 1.55 bits per heavy atom. The Morgan fingerprint density at radius 2 is 2.36 bits per heavy atom. The first-order valence-electron chi connectivity index (χ1n) is 4.20. The van der Waals surface area contributed by atoms with Crippen LogP contribution in [-0.2, 0) is 4.43 Å². The van der Waals surface area contributed by atoms with E-state index in [4.69, 9.17) is 4.43 Å². The maximum absolute atomic E-state index is 5.22. The van der Waals surface area contributed by atoms with Crippen molar-refractivity contribution < 1.29 is 4.43 Å². The summed E-state index contributed by atoms with van der Waals surface area (Å²) in [6.45, 7) is 2.26. The van der Waals surface area contributed by atoms with Crippen molar-refractivity contribution in [2.24, 2.45) is 0 Å².